The second kappa shape index (κ2) is 4.26. The van der Waals surface area contributed by atoms with Gasteiger partial charge >= 0.3 is 0 Å². The van der Waals surface area contributed by atoms with E-state index in [4.69, 9.17) is 4.74 Å². The highest BCUT2D eigenvalue weighted by Gasteiger charge is 2.35. The summed E-state index contributed by atoms with van der Waals surface area (Å²) in [6, 6.07) is 0. The van der Waals surface area contributed by atoms with Crippen molar-refractivity contribution in [1.29, 1.82) is 0 Å². The first-order valence-electron chi connectivity index (χ1n) is 6.42. The molecule has 0 aromatic heterocycles. The first-order valence-corrected chi connectivity index (χ1v) is 6.42. The lowest BCUT2D eigenvalue weighted by Gasteiger charge is -2.19. The molecular formula is C13H21NO. The van der Waals surface area contributed by atoms with Crippen molar-refractivity contribution in [3.05, 3.63) is 12.2 Å². The lowest BCUT2D eigenvalue weighted by atomic mass is 9.93. The van der Waals surface area contributed by atoms with Crippen LogP contribution in [0.15, 0.2) is 12.2 Å². The highest BCUT2D eigenvalue weighted by atomic mass is 16.5. The van der Waals surface area contributed by atoms with E-state index in [1.54, 1.807) is 0 Å². The zero-order chi connectivity index (χ0) is 10.1. The molecule has 0 spiro atoms. The van der Waals surface area contributed by atoms with E-state index in [-0.39, 0.29) is 0 Å². The largest absolute Gasteiger partial charge is 0.377 e. The Morgan fingerprint density at radius 2 is 2.20 bits per heavy atom. The van der Waals surface area contributed by atoms with Crippen LogP contribution in [0, 0.1) is 17.8 Å². The number of allylic oxidation sites excluding steroid dienone is 2. The molecule has 1 saturated heterocycles. The molecule has 3 rings (SSSR count). The molecule has 2 bridgehead atoms. The molecule has 1 saturated carbocycles. The van der Waals surface area contributed by atoms with E-state index in [0.29, 0.717) is 6.10 Å². The lowest BCUT2D eigenvalue weighted by molar-refractivity contribution is 0.109. The third-order valence-corrected chi connectivity index (χ3v) is 4.22. The summed E-state index contributed by atoms with van der Waals surface area (Å²) in [6.45, 7) is 3.24. The molecule has 4 atom stereocenters. The molecule has 3 aliphatic rings. The molecule has 0 radical (unpaired) electrons. The Morgan fingerprint density at radius 3 is 2.87 bits per heavy atom. The number of rotatable bonds is 4. The van der Waals surface area contributed by atoms with Gasteiger partial charge in [0.15, 0.2) is 0 Å². The fraction of sp³-hybridized carbons (Fsp3) is 0.846. The van der Waals surface area contributed by atoms with Gasteiger partial charge in [-0.1, -0.05) is 12.2 Å². The van der Waals surface area contributed by atoms with E-state index in [0.717, 1.165) is 30.9 Å². The van der Waals surface area contributed by atoms with Crippen molar-refractivity contribution in [1.82, 2.24) is 5.32 Å². The third kappa shape index (κ3) is 2.11. The number of ether oxygens (including phenoxy) is 1. The first-order chi connectivity index (χ1) is 7.42. The van der Waals surface area contributed by atoms with Crippen molar-refractivity contribution in [3.63, 3.8) is 0 Å². The molecule has 15 heavy (non-hydrogen) atoms. The van der Waals surface area contributed by atoms with E-state index >= 15 is 0 Å². The predicted octanol–water partition coefficient (Wildman–Crippen LogP) is 1.97. The van der Waals surface area contributed by atoms with Gasteiger partial charge in [-0.3, -0.25) is 0 Å². The van der Waals surface area contributed by atoms with Gasteiger partial charge < -0.3 is 10.1 Å². The molecule has 0 aromatic rings. The monoisotopic (exact) mass is 207 g/mol. The molecule has 1 N–H and O–H groups in total. The minimum atomic E-state index is 0.499. The minimum Gasteiger partial charge on any atom is -0.377 e. The molecule has 1 aliphatic heterocycles. The van der Waals surface area contributed by atoms with E-state index < -0.39 is 0 Å². The van der Waals surface area contributed by atoms with Crippen molar-refractivity contribution in [3.8, 4) is 0 Å². The highest BCUT2D eigenvalue weighted by Crippen LogP contribution is 2.42. The van der Waals surface area contributed by atoms with Crippen LogP contribution in [0.2, 0.25) is 0 Å². The van der Waals surface area contributed by atoms with Crippen molar-refractivity contribution in [2.75, 3.05) is 19.7 Å². The van der Waals surface area contributed by atoms with Crippen LogP contribution in [0.4, 0.5) is 0 Å². The van der Waals surface area contributed by atoms with Gasteiger partial charge in [-0.15, -0.1) is 0 Å². The smallest absolute Gasteiger partial charge is 0.0700 e. The minimum absolute atomic E-state index is 0.499. The molecule has 2 fully saturated rings. The third-order valence-electron chi connectivity index (χ3n) is 4.22. The van der Waals surface area contributed by atoms with E-state index in [9.17, 15) is 0 Å². The van der Waals surface area contributed by atoms with Crippen LogP contribution in [-0.2, 0) is 4.74 Å². The van der Waals surface area contributed by atoms with Gasteiger partial charge in [0.1, 0.15) is 0 Å². The maximum Gasteiger partial charge on any atom is 0.0700 e. The van der Waals surface area contributed by atoms with Gasteiger partial charge in [0.05, 0.1) is 6.10 Å². The summed E-state index contributed by atoms with van der Waals surface area (Å²) in [5.41, 5.74) is 0. The van der Waals surface area contributed by atoms with Crippen molar-refractivity contribution >= 4 is 0 Å². The number of hydrogen-bond donors (Lipinski definition) is 1. The first kappa shape index (κ1) is 9.86. The normalized spacial score (nSPS) is 42.9. The fourth-order valence-electron chi connectivity index (χ4n) is 3.36. The van der Waals surface area contributed by atoms with Gasteiger partial charge in [0.2, 0.25) is 0 Å². The summed E-state index contributed by atoms with van der Waals surface area (Å²) in [5, 5.41) is 3.60. The average molecular weight is 207 g/mol. The SMILES string of the molecule is C1=C[C@H]2C[C@H]1C[C@@H]2CNC[C@H]1CCCO1. The Hall–Kier alpha value is -0.340. The molecule has 2 nitrogen and oxygen atoms in total. The number of fused-ring (bicyclic) bond motifs is 2. The Morgan fingerprint density at radius 1 is 1.20 bits per heavy atom. The van der Waals surface area contributed by atoms with Crippen molar-refractivity contribution in [2.45, 2.75) is 31.8 Å². The quantitative estimate of drug-likeness (QED) is 0.712. The second-order valence-electron chi connectivity index (χ2n) is 5.33. The van der Waals surface area contributed by atoms with E-state index in [1.807, 2.05) is 0 Å². The second-order valence-corrected chi connectivity index (χ2v) is 5.33. The summed E-state index contributed by atoms with van der Waals surface area (Å²) in [6.07, 6.45) is 10.7. The van der Waals surface area contributed by atoms with Crippen molar-refractivity contribution < 1.29 is 4.74 Å². The van der Waals surface area contributed by atoms with E-state index in [2.05, 4.69) is 17.5 Å². The molecule has 0 aromatic carbocycles. The zero-order valence-corrected chi connectivity index (χ0v) is 9.32. The number of nitrogens with one attached hydrogen (secondary N) is 1. The Bertz CT molecular complexity index is 245. The summed E-state index contributed by atoms with van der Waals surface area (Å²) < 4.78 is 5.60. The van der Waals surface area contributed by atoms with Gasteiger partial charge in [-0.2, -0.15) is 0 Å². The summed E-state index contributed by atoms with van der Waals surface area (Å²) in [7, 11) is 0. The Kier molecular flexibility index (Phi) is 2.80. The van der Waals surface area contributed by atoms with Gasteiger partial charge in [0, 0.05) is 13.2 Å². The summed E-state index contributed by atoms with van der Waals surface area (Å²) in [5.74, 6) is 2.69. The van der Waals surface area contributed by atoms with Crippen LogP contribution < -0.4 is 5.32 Å². The predicted molar refractivity (Wildman–Crippen MR) is 60.7 cm³/mol. The standard InChI is InChI=1S/C13H21NO/c1-2-13(15-5-1)9-14-8-12-7-10-3-4-11(12)6-10/h3-4,10-14H,1-2,5-9H2/t10-,11-,12+,13+/m0/s1. The molecule has 84 valence electrons. The van der Waals surface area contributed by atoms with Gasteiger partial charge in [-0.25, -0.2) is 0 Å². The van der Waals surface area contributed by atoms with Crippen molar-refractivity contribution in [2.24, 2.45) is 17.8 Å². The van der Waals surface area contributed by atoms with Crippen LogP contribution in [0.25, 0.3) is 0 Å². The maximum atomic E-state index is 5.60. The van der Waals surface area contributed by atoms with Crippen LogP contribution in [0.3, 0.4) is 0 Å². The van der Waals surface area contributed by atoms with E-state index in [1.165, 1.54) is 32.2 Å². The van der Waals surface area contributed by atoms with Gasteiger partial charge in [0.25, 0.3) is 0 Å². The topological polar surface area (TPSA) is 21.3 Å². The zero-order valence-electron chi connectivity index (χ0n) is 9.32. The molecular weight excluding hydrogens is 186 g/mol. The number of hydrogen-bond acceptors (Lipinski definition) is 2. The fourth-order valence-corrected chi connectivity index (χ4v) is 3.36. The van der Waals surface area contributed by atoms with Crippen LogP contribution in [0.1, 0.15) is 25.7 Å². The lowest BCUT2D eigenvalue weighted by Crippen LogP contribution is -2.31. The Labute approximate surface area is 92.1 Å². The maximum absolute atomic E-state index is 5.60. The van der Waals surface area contributed by atoms with Crippen LogP contribution in [0.5, 0.6) is 0 Å². The molecule has 1 heterocycles. The highest BCUT2D eigenvalue weighted by molar-refractivity contribution is 5.10. The van der Waals surface area contributed by atoms with Crippen LogP contribution >= 0.6 is 0 Å². The Balaban J connectivity index is 1.38. The molecule has 2 aliphatic carbocycles. The molecule has 0 unspecified atom stereocenters. The molecule has 2 heteroatoms. The summed E-state index contributed by atoms with van der Waals surface area (Å²) in [4.78, 5) is 0. The average Bonchev–Trinajstić information content (AvgIpc) is 2.93. The molecule has 0 amide bonds. The van der Waals surface area contributed by atoms with Gasteiger partial charge in [-0.05, 0) is 50.0 Å². The summed E-state index contributed by atoms with van der Waals surface area (Å²) >= 11 is 0. The van der Waals surface area contributed by atoms with Crippen LogP contribution in [-0.4, -0.2) is 25.8 Å².